The van der Waals surface area contributed by atoms with Crippen LogP contribution < -0.4 is 10.9 Å². The van der Waals surface area contributed by atoms with Crippen molar-refractivity contribution in [2.24, 2.45) is 11.3 Å². The molecule has 25 heavy (non-hydrogen) atoms. The summed E-state index contributed by atoms with van der Waals surface area (Å²) in [5, 5.41) is 11.7. The molecule has 10 heteroatoms. The molecule has 0 radical (unpaired) electrons. The van der Waals surface area contributed by atoms with Crippen molar-refractivity contribution in [3.05, 3.63) is 28.2 Å². The molecule has 1 aromatic rings. The largest absolute Gasteiger partial charge is 0.481 e. The zero-order valence-electron chi connectivity index (χ0n) is 13.0. The number of amides is 2. The van der Waals surface area contributed by atoms with E-state index in [-0.39, 0.29) is 19.0 Å². The van der Waals surface area contributed by atoms with Gasteiger partial charge in [-0.05, 0) is 24.8 Å². The van der Waals surface area contributed by atoms with Gasteiger partial charge in [0.05, 0.1) is 11.0 Å². The second kappa shape index (κ2) is 5.78. The summed E-state index contributed by atoms with van der Waals surface area (Å²) < 4.78 is 38.2. The van der Waals surface area contributed by atoms with Crippen molar-refractivity contribution in [1.82, 2.24) is 9.88 Å². The molecule has 7 nitrogen and oxygen atoms in total. The SMILES string of the molecule is O=C(Nc1cc(C(F)(F)F)c[nH]c1=O)N1C[C@@H]2CCC[C@@]2(C(=O)O)C1. The van der Waals surface area contributed by atoms with E-state index in [4.69, 9.17) is 0 Å². The van der Waals surface area contributed by atoms with Crippen LogP contribution in [0.2, 0.25) is 0 Å². The standard InChI is InChI=1S/C15H16F3N3O4/c16-15(17,18)9-4-10(11(22)19-5-9)20-13(25)21-6-8-2-1-3-14(8,7-21)12(23)24/h4-5,8H,1-3,6-7H2,(H,19,22)(H,20,25)(H,23,24)/t8-,14+/m0/s1. The van der Waals surface area contributed by atoms with Crippen molar-refractivity contribution in [3.8, 4) is 0 Å². The van der Waals surface area contributed by atoms with Gasteiger partial charge in [-0.3, -0.25) is 9.59 Å². The van der Waals surface area contributed by atoms with Crippen LogP contribution in [0.25, 0.3) is 0 Å². The second-order valence-corrected chi connectivity index (χ2v) is 6.49. The van der Waals surface area contributed by atoms with E-state index in [0.29, 0.717) is 25.1 Å². The third-order valence-electron chi connectivity index (χ3n) is 5.06. The summed E-state index contributed by atoms with van der Waals surface area (Å²) in [6, 6.07) is -0.222. The van der Waals surface area contributed by atoms with Crippen LogP contribution in [0.4, 0.5) is 23.7 Å². The van der Waals surface area contributed by atoms with Crippen LogP contribution in [0.5, 0.6) is 0 Å². The Labute approximate surface area is 139 Å². The average molecular weight is 359 g/mol. The number of aromatic nitrogens is 1. The lowest BCUT2D eigenvalue weighted by Gasteiger charge is -2.23. The summed E-state index contributed by atoms with van der Waals surface area (Å²) in [5.74, 6) is -1.15. The van der Waals surface area contributed by atoms with E-state index >= 15 is 0 Å². The number of likely N-dealkylation sites (tertiary alicyclic amines) is 1. The number of pyridine rings is 1. The molecule has 3 N–H and O–H groups in total. The number of aromatic amines is 1. The number of nitrogens with zero attached hydrogens (tertiary/aromatic N) is 1. The van der Waals surface area contributed by atoms with Crippen LogP contribution >= 0.6 is 0 Å². The Morgan fingerprint density at radius 2 is 2.12 bits per heavy atom. The van der Waals surface area contributed by atoms with Gasteiger partial charge in [-0.2, -0.15) is 13.2 Å². The lowest BCUT2D eigenvalue weighted by molar-refractivity contribution is -0.149. The quantitative estimate of drug-likeness (QED) is 0.752. The number of rotatable bonds is 2. The fourth-order valence-electron chi connectivity index (χ4n) is 3.73. The molecule has 0 unspecified atom stereocenters. The van der Waals surface area contributed by atoms with Crippen molar-refractivity contribution in [2.45, 2.75) is 25.4 Å². The maximum atomic E-state index is 12.7. The number of carbonyl (C=O) groups is 2. The number of carboxylic acids is 1. The molecule has 2 aliphatic rings. The molecule has 1 saturated heterocycles. The number of H-pyrrole nitrogens is 1. The number of halogens is 3. The number of anilines is 1. The van der Waals surface area contributed by atoms with E-state index in [1.807, 2.05) is 4.98 Å². The van der Waals surface area contributed by atoms with Gasteiger partial charge < -0.3 is 20.3 Å². The van der Waals surface area contributed by atoms with Crippen molar-refractivity contribution in [2.75, 3.05) is 18.4 Å². The number of hydrogen-bond donors (Lipinski definition) is 3. The predicted molar refractivity (Wildman–Crippen MR) is 80.1 cm³/mol. The summed E-state index contributed by atoms with van der Waals surface area (Å²) in [5.41, 5.74) is -3.49. The smallest absolute Gasteiger partial charge is 0.417 e. The maximum absolute atomic E-state index is 12.7. The number of carboxylic acid groups (broad SMARTS) is 1. The van der Waals surface area contributed by atoms with Gasteiger partial charge in [0.15, 0.2) is 0 Å². The van der Waals surface area contributed by atoms with Gasteiger partial charge >= 0.3 is 18.2 Å². The Bertz CT molecular complexity index is 776. The predicted octanol–water partition coefficient (Wildman–Crippen LogP) is 2.11. The van der Waals surface area contributed by atoms with E-state index in [1.165, 1.54) is 4.90 Å². The van der Waals surface area contributed by atoms with Crippen LogP contribution in [0.3, 0.4) is 0 Å². The molecule has 1 aliphatic carbocycles. The van der Waals surface area contributed by atoms with Gasteiger partial charge in [-0.25, -0.2) is 4.79 Å². The number of aliphatic carboxylic acids is 1. The van der Waals surface area contributed by atoms with Crippen LogP contribution in [0.1, 0.15) is 24.8 Å². The molecule has 2 amide bonds. The minimum Gasteiger partial charge on any atom is -0.481 e. The highest BCUT2D eigenvalue weighted by Gasteiger charge is 2.55. The Morgan fingerprint density at radius 3 is 2.72 bits per heavy atom. The zero-order chi connectivity index (χ0) is 18.4. The fraction of sp³-hybridized carbons (Fsp3) is 0.533. The highest BCUT2D eigenvalue weighted by molar-refractivity contribution is 5.90. The first-order valence-electron chi connectivity index (χ1n) is 7.73. The van der Waals surface area contributed by atoms with Crippen LogP contribution in [0.15, 0.2) is 17.1 Å². The molecule has 0 bridgehead atoms. The van der Waals surface area contributed by atoms with Crippen LogP contribution in [0, 0.1) is 11.3 Å². The molecule has 1 aliphatic heterocycles. The number of hydrogen-bond acceptors (Lipinski definition) is 3. The number of carbonyl (C=O) groups excluding carboxylic acids is 1. The topological polar surface area (TPSA) is 103 Å². The molecule has 1 aromatic heterocycles. The average Bonchev–Trinajstić information content (AvgIpc) is 3.06. The number of fused-ring (bicyclic) bond motifs is 1. The minimum absolute atomic E-state index is 0.0182. The normalized spacial score (nSPS) is 25.7. The second-order valence-electron chi connectivity index (χ2n) is 6.49. The molecule has 1 saturated carbocycles. The van der Waals surface area contributed by atoms with E-state index in [1.54, 1.807) is 0 Å². The molecule has 2 fully saturated rings. The Morgan fingerprint density at radius 1 is 1.40 bits per heavy atom. The highest BCUT2D eigenvalue weighted by atomic mass is 19.4. The zero-order valence-corrected chi connectivity index (χ0v) is 13.0. The molecular formula is C15H16F3N3O4. The van der Waals surface area contributed by atoms with E-state index in [0.717, 1.165) is 6.42 Å². The molecular weight excluding hydrogens is 343 g/mol. The number of urea groups is 1. The first-order chi connectivity index (χ1) is 11.6. The van der Waals surface area contributed by atoms with E-state index in [2.05, 4.69) is 5.32 Å². The van der Waals surface area contributed by atoms with Crippen molar-refractivity contribution in [3.63, 3.8) is 0 Å². The summed E-state index contributed by atoms with van der Waals surface area (Å²) in [7, 11) is 0. The van der Waals surface area contributed by atoms with Gasteiger partial charge in [0.2, 0.25) is 0 Å². The molecule has 136 valence electrons. The Kier molecular flexibility index (Phi) is 4.00. The summed E-state index contributed by atoms with van der Waals surface area (Å²) >= 11 is 0. The van der Waals surface area contributed by atoms with Crippen LogP contribution in [-0.2, 0) is 11.0 Å². The highest BCUT2D eigenvalue weighted by Crippen LogP contribution is 2.48. The molecule has 0 spiro atoms. The lowest BCUT2D eigenvalue weighted by atomic mass is 9.81. The fourth-order valence-corrected chi connectivity index (χ4v) is 3.73. The molecule has 2 heterocycles. The summed E-state index contributed by atoms with van der Waals surface area (Å²) in [6.07, 6.45) is -2.24. The van der Waals surface area contributed by atoms with Crippen molar-refractivity contribution >= 4 is 17.7 Å². The monoisotopic (exact) mass is 359 g/mol. The molecule has 0 aromatic carbocycles. The van der Waals surface area contributed by atoms with Crippen molar-refractivity contribution < 1.29 is 27.9 Å². The van der Waals surface area contributed by atoms with Crippen LogP contribution in [-0.4, -0.2) is 40.1 Å². The molecule has 3 rings (SSSR count). The first-order valence-corrected chi connectivity index (χ1v) is 7.73. The third kappa shape index (κ3) is 2.96. The lowest BCUT2D eigenvalue weighted by Crippen LogP contribution is -2.39. The Balaban J connectivity index is 1.78. The third-order valence-corrected chi connectivity index (χ3v) is 5.06. The first kappa shape index (κ1) is 17.3. The minimum atomic E-state index is -4.66. The molecule has 2 atom stereocenters. The summed E-state index contributed by atoms with van der Waals surface area (Å²) in [4.78, 5) is 38.8. The number of alkyl halides is 3. The van der Waals surface area contributed by atoms with E-state index in [9.17, 15) is 32.7 Å². The summed E-state index contributed by atoms with van der Waals surface area (Å²) in [6.45, 7) is 0.185. The van der Waals surface area contributed by atoms with Crippen molar-refractivity contribution in [1.29, 1.82) is 0 Å². The van der Waals surface area contributed by atoms with E-state index < -0.39 is 40.4 Å². The van der Waals surface area contributed by atoms with Gasteiger partial charge in [-0.1, -0.05) is 6.42 Å². The number of nitrogens with one attached hydrogen (secondary N) is 2. The van der Waals surface area contributed by atoms with Gasteiger partial charge in [-0.15, -0.1) is 0 Å². The van der Waals surface area contributed by atoms with Gasteiger partial charge in [0.25, 0.3) is 5.56 Å². The maximum Gasteiger partial charge on any atom is 0.417 e. The Hall–Kier alpha value is -2.52. The van der Waals surface area contributed by atoms with Gasteiger partial charge in [0.1, 0.15) is 5.69 Å². The van der Waals surface area contributed by atoms with Gasteiger partial charge in [0, 0.05) is 19.3 Å².